The highest BCUT2D eigenvalue weighted by atomic mass is 35.5. The smallest absolute Gasteiger partial charge is 0.257 e. The first kappa shape index (κ1) is 24.6. The van der Waals surface area contributed by atoms with Crippen molar-refractivity contribution in [3.8, 4) is 0 Å². The maximum atomic E-state index is 13.5. The topological polar surface area (TPSA) is 84.2 Å². The van der Waals surface area contributed by atoms with E-state index >= 15 is 0 Å². The van der Waals surface area contributed by atoms with Crippen molar-refractivity contribution in [2.24, 2.45) is 5.92 Å². The Kier molecular flexibility index (Phi) is 6.71. The first-order chi connectivity index (χ1) is 16.0. The summed E-state index contributed by atoms with van der Waals surface area (Å²) in [5, 5.41) is 5.63. The van der Waals surface area contributed by atoms with Crippen LogP contribution in [0.5, 0.6) is 0 Å². The van der Waals surface area contributed by atoms with Crippen LogP contribution in [0.15, 0.2) is 54.6 Å². The fourth-order valence-corrected chi connectivity index (χ4v) is 5.01. The molecule has 1 aliphatic rings. The third-order valence-corrected chi connectivity index (χ3v) is 7.18. The van der Waals surface area contributed by atoms with E-state index in [-0.39, 0.29) is 15.6 Å². The number of hydrogen-bond acceptors (Lipinski definition) is 3. The summed E-state index contributed by atoms with van der Waals surface area (Å²) in [5.41, 5.74) is 8.74. The minimum atomic E-state index is -1.38. The van der Waals surface area contributed by atoms with E-state index in [0.717, 1.165) is 5.56 Å². The Morgan fingerprint density at radius 1 is 0.971 bits per heavy atom. The van der Waals surface area contributed by atoms with Crippen LogP contribution in [0.1, 0.15) is 27.4 Å². The molecule has 10 heteroatoms. The number of nitrogen functional groups attached to an aromatic ring is 1. The molecule has 3 aromatic carbocycles. The van der Waals surface area contributed by atoms with Crippen LogP contribution >= 0.6 is 46.4 Å². The van der Waals surface area contributed by atoms with Gasteiger partial charge in [0, 0.05) is 23.0 Å². The normalized spacial score (nSPS) is 18.3. The zero-order valence-electron chi connectivity index (χ0n) is 17.6. The van der Waals surface area contributed by atoms with Crippen molar-refractivity contribution in [1.29, 1.82) is 0 Å². The number of hydrogen-bond donors (Lipinski definition) is 3. The van der Waals surface area contributed by atoms with Gasteiger partial charge < -0.3 is 16.4 Å². The van der Waals surface area contributed by atoms with Crippen molar-refractivity contribution >= 4 is 75.3 Å². The Labute approximate surface area is 215 Å². The molecule has 3 aromatic rings. The number of halogens is 5. The number of anilines is 3. The molecule has 0 aliphatic heterocycles. The van der Waals surface area contributed by atoms with E-state index in [4.69, 9.17) is 52.1 Å². The summed E-state index contributed by atoms with van der Waals surface area (Å²) in [6.45, 7) is 1.81. The number of nitrogens with one attached hydrogen (secondary N) is 2. The molecule has 0 saturated heterocycles. The number of benzene rings is 3. The second-order valence-electron chi connectivity index (χ2n) is 8.02. The van der Waals surface area contributed by atoms with Gasteiger partial charge in [-0.1, -0.05) is 29.3 Å². The zero-order chi connectivity index (χ0) is 24.8. The molecule has 1 saturated carbocycles. The summed E-state index contributed by atoms with van der Waals surface area (Å²) in [6, 6.07) is 13.7. The van der Waals surface area contributed by atoms with Crippen LogP contribution in [0.3, 0.4) is 0 Å². The summed E-state index contributed by atoms with van der Waals surface area (Å²) < 4.78 is 12.1. The maximum absolute atomic E-state index is 13.5. The van der Waals surface area contributed by atoms with E-state index in [1.54, 1.807) is 24.3 Å². The lowest BCUT2D eigenvalue weighted by molar-refractivity contribution is -0.117. The van der Waals surface area contributed by atoms with E-state index in [0.29, 0.717) is 22.6 Å². The fourth-order valence-electron chi connectivity index (χ4n) is 3.79. The van der Waals surface area contributed by atoms with Crippen LogP contribution in [-0.2, 0) is 4.79 Å². The Morgan fingerprint density at radius 3 is 2.38 bits per heavy atom. The third-order valence-electron chi connectivity index (χ3n) is 5.62. The number of amides is 2. The van der Waals surface area contributed by atoms with Crippen molar-refractivity contribution in [1.82, 2.24) is 0 Å². The van der Waals surface area contributed by atoms with Crippen molar-refractivity contribution in [3.63, 3.8) is 0 Å². The molecule has 5 nitrogen and oxygen atoms in total. The molecule has 0 bridgehead atoms. The number of nitrogens with two attached hydrogens (primary N) is 1. The SMILES string of the molecule is Cc1cc(N)ccc1NC(=O)c1cc(NC(=O)[C@H]2[C@H](c3ccc(F)c(Cl)c3)C2(Cl)Cl)ccc1Cl. The molecule has 176 valence electrons. The standard InChI is InChI=1S/C24H18Cl4FN3O2/c1-11-8-13(30)3-7-19(11)32-22(33)15-10-14(4-5-16(15)25)31-23(34)21-20(24(21,27)28)12-2-6-18(29)17(26)9-12/h2-10,20-21H,30H2,1H3,(H,31,34)(H,32,33)/t20-,21+/m0/s1. The molecule has 1 fully saturated rings. The lowest BCUT2D eigenvalue weighted by atomic mass is 10.1. The Morgan fingerprint density at radius 2 is 1.71 bits per heavy atom. The first-order valence-corrected chi connectivity index (χ1v) is 11.6. The van der Waals surface area contributed by atoms with Gasteiger partial charge >= 0.3 is 0 Å². The molecule has 0 heterocycles. The van der Waals surface area contributed by atoms with Gasteiger partial charge in [-0.2, -0.15) is 0 Å². The van der Waals surface area contributed by atoms with Crippen molar-refractivity contribution < 1.29 is 14.0 Å². The number of rotatable bonds is 5. The van der Waals surface area contributed by atoms with Gasteiger partial charge in [0.1, 0.15) is 10.2 Å². The van der Waals surface area contributed by atoms with Gasteiger partial charge in [0.15, 0.2) is 0 Å². The highest BCUT2D eigenvalue weighted by Gasteiger charge is 2.67. The molecular weight excluding hydrogens is 523 g/mol. The number of aryl methyl sites for hydroxylation is 1. The van der Waals surface area contributed by atoms with Gasteiger partial charge in [0.2, 0.25) is 5.91 Å². The summed E-state index contributed by atoms with van der Waals surface area (Å²) >= 11 is 24.8. The van der Waals surface area contributed by atoms with Crippen molar-refractivity contribution in [3.05, 3.63) is 87.2 Å². The largest absolute Gasteiger partial charge is 0.399 e. The summed E-state index contributed by atoms with van der Waals surface area (Å²) in [5.74, 6) is -2.87. The van der Waals surface area contributed by atoms with Crippen LogP contribution in [0.25, 0.3) is 0 Å². The monoisotopic (exact) mass is 539 g/mol. The van der Waals surface area contributed by atoms with Crippen LogP contribution in [-0.4, -0.2) is 16.1 Å². The average Bonchev–Trinajstić information content (AvgIpc) is 3.35. The summed E-state index contributed by atoms with van der Waals surface area (Å²) in [7, 11) is 0. The highest BCUT2D eigenvalue weighted by Crippen LogP contribution is 2.65. The van der Waals surface area contributed by atoms with Gasteiger partial charge in [0.05, 0.1) is 21.5 Å². The number of carbonyl (C=O) groups is 2. The van der Waals surface area contributed by atoms with E-state index in [1.807, 2.05) is 6.92 Å². The zero-order valence-corrected chi connectivity index (χ0v) is 20.7. The summed E-state index contributed by atoms with van der Waals surface area (Å²) in [4.78, 5) is 25.8. The van der Waals surface area contributed by atoms with Gasteiger partial charge in [-0.25, -0.2) is 4.39 Å². The van der Waals surface area contributed by atoms with Crippen LogP contribution in [0.2, 0.25) is 10.0 Å². The lowest BCUT2D eigenvalue weighted by Crippen LogP contribution is -2.18. The number of carbonyl (C=O) groups excluding carboxylic acids is 2. The van der Waals surface area contributed by atoms with Gasteiger partial charge in [0.25, 0.3) is 5.91 Å². The quantitative estimate of drug-likeness (QED) is 0.246. The van der Waals surface area contributed by atoms with E-state index in [1.165, 1.54) is 30.3 Å². The van der Waals surface area contributed by atoms with Crippen LogP contribution < -0.4 is 16.4 Å². The maximum Gasteiger partial charge on any atom is 0.257 e. The number of alkyl halides is 2. The van der Waals surface area contributed by atoms with Crippen molar-refractivity contribution in [2.75, 3.05) is 16.4 Å². The Bertz CT molecular complexity index is 1320. The van der Waals surface area contributed by atoms with E-state index < -0.39 is 33.8 Å². The molecule has 1 aliphatic carbocycles. The van der Waals surface area contributed by atoms with Gasteiger partial charge in [-0.3, -0.25) is 9.59 Å². The van der Waals surface area contributed by atoms with Crippen LogP contribution in [0, 0.1) is 18.7 Å². The van der Waals surface area contributed by atoms with Crippen LogP contribution in [0.4, 0.5) is 21.5 Å². The second-order valence-corrected chi connectivity index (χ2v) is 10.3. The Balaban J connectivity index is 1.51. The predicted molar refractivity (Wildman–Crippen MR) is 136 cm³/mol. The molecule has 2 amide bonds. The summed E-state index contributed by atoms with van der Waals surface area (Å²) in [6.07, 6.45) is 0. The fraction of sp³-hybridized carbons (Fsp3) is 0.167. The van der Waals surface area contributed by atoms with Gasteiger partial charge in [-0.15, -0.1) is 23.2 Å². The minimum absolute atomic E-state index is 0.0858. The average molecular weight is 541 g/mol. The second kappa shape index (κ2) is 9.27. The molecule has 4 N–H and O–H groups in total. The minimum Gasteiger partial charge on any atom is -0.399 e. The molecule has 34 heavy (non-hydrogen) atoms. The molecule has 0 spiro atoms. The molecule has 0 radical (unpaired) electrons. The van der Waals surface area contributed by atoms with E-state index in [2.05, 4.69) is 10.6 Å². The molecule has 0 unspecified atom stereocenters. The molecule has 2 atom stereocenters. The molecule has 4 rings (SSSR count). The Hall–Kier alpha value is -2.51. The third kappa shape index (κ3) is 4.82. The first-order valence-electron chi connectivity index (χ1n) is 10.1. The van der Waals surface area contributed by atoms with Gasteiger partial charge in [-0.05, 0) is 66.6 Å². The highest BCUT2D eigenvalue weighted by molar-refractivity contribution is 6.53. The van der Waals surface area contributed by atoms with E-state index in [9.17, 15) is 14.0 Å². The molecule has 0 aromatic heterocycles. The van der Waals surface area contributed by atoms with Crippen molar-refractivity contribution in [2.45, 2.75) is 17.2 Å². The molecular formula is C24H18Cl4FN3O2. The lowest BCUT2D eigenvalue weighted by Gasteiger charge is -2.12. The predicted octanol–water partition coefficient (Wildman–Crippen LogP) is 6.80.